The van der Waals surface area contributed by atoms with Crippen molar-refractivity contribution in [2.75, 3.05) is 25.5 Å². The number of anilines is 1. The Morgan fingerprint density at radius 2 is 1.93 bits per heavy atom. The summed E-state index contributed by atoms with van der Waals surface area (Å²) in [5.74, 6) is 0.421. The lowest BCUT2D eigenvalue weighted by atomic mass is 10.2. The highest BCUT2D eigenvalue weighted by Gasteiger charge is 2.20. The van der Waals surface area contributed by atoms with Gasteiger partial charge in [-0.15, -0.1) is 0 Å². The Morgan fingerprint density at radius 1 is 1.20 bits per heavy atom. The first-order valence-electron chi connectivity index (χ1n) is 9.22. The van der Waals surface area contributed by atoms with E-state index in [2.05, 4.69) is 18.1 Å². The SMILES string of the molecule is CN(C(=O)CN(C)S(=O)(=P)/C=C/c1ccccc1)c1cc(-c2cccnc2)nn1C. The summed E-state index contributed by atoms with van der Waals surface area (Å²) in [6, 6.07) is 15.1. The normalized spacial score (nSPS) is 13.5. The quantitative estimate of drug-likeness (QED) is 0.528. The van der Waals surface area contributed by atoms with Crippen molar-refractivity contribution in [3.8, 4) is 11.3 Å². The highest BCUT2D eigenvalue weighted by atomic mass is 32.5. The number of rotatable bonds is 7. The Labute approximate surface area is 179 Å². The predicted molar refractivity (Wildman–Crippen MR) is 124 cm³/mol. The number of benzene rings is 1. The average molecular weight is 441 g/mol. The summed E-state index contributed by atoms with van der Waals surface area (Å²) in [4.78, 5) is 18.4. The predicted octanol–water partition coefficient (Wildman–Crippen LogP) is 3.30. The summed E-state index contributed by atoms with van der Waals surface area (Å²) in [6.07, 6.45) is 5.19. The molecule has 0 aliphatic carbocycles. The van der Waals surface area contributed by atoms with Gasteiger partial charge in [0.25, 0.3) is 0 Å². The molecule has 0 N–H and O–H groups in total. The van der Waals surface area contributed by atoms with Crippen molar-refractivity contribution in [3.05, 3.63) is 71.9 Å². The minimum Gasteiger partial charge on any atom is -0.299 e. The van der Waals surface area contributed by atoms with Gasteiger partial charge < -0.3 is 0 Å². The molecule has 2 heterocycles. The maximum Gasteiger partial charge on any atom is 0.243 e. The maximum atomic E-state index is 13.0. The zero-order chi connectivity index (χ0) is 21.7. The molecule has 9 heteroatoms. The number of likely N-dealkylation sites (N-methyl/N-ethyl adjacent to an activating group) is 2. The summed E-state index contributed by atoms with van der Waals surface area (Å²) >= 11 is 0. The minimum absolute atomic E-state index is 0.0363. The van der Waals surface area contributed by atoms with Gasteiger partial charge >= 0.3 is 0 Å². The Balaban J connectivity index is 1.71. The van der Waals surface area contributed by atoms with Crippen molar-refractivity contribution in [1.29, 1.82) is 0 Å². The maximum absolute atomic E-state index is 13.0. The van der Waals surface area contributed by atoms with Gasteiger partial charge in [0.15, 0.2) is 0 Å². The van der Waals surface area contributed by atoms with E-state index in [-0.39, 0.29) is 12.5 Å². The molecule has 0 aliphatic heterocycles. The van der Waals surface area contributed by atoms with Gasteiger partial charge in [0, 0.05) is 50.6 Å². The summed E-state index contributed by atoms with van der Waals surface area (Å²) in [5, 5.41) is 6.03. The molecule has 0 aliphatic rings. The van der Waals surface area contributed by atoms with E-state index in [1.165, 1.54) is 9.21 Å². The van der Waals surface area contributed by atoms with Gasteiger partial charge in [-0.05, 0) is 31.8 Å². The minimum atomic E-state index is -2.69. The highest BCUT2D eigenvalue weighted by molar-refractivity contribution is 8.21. The van der Waals surface area contributed by atoms with Crippen molar-refractivity contribution >= 4 is 35.1 Å². The van der Waals surface area contributed by atoms with Crippen LogP contribution >= 0.6 is 8.02 Å². The molecule has 0 spiro atoms. The monoisotopic (exact) mass is 441 g/mol. The summed E-state index contributed by atoms with van der Waals surface area (Å²) in [6.45, 7) is -0.0363. The fourth-order valence-corrected chi connectivity index (χ4v) is 4.04. The van der Waals surface area contributed by atoms with Crippen LogP contribution in [0.15, 0.2) is 66.3 Å². The number of hydrogen-bond donors (Lipinski definition) is 0. The molecule has 1 atom stereocenters. The Kier molecular flexibility index (Phi) is 6.82. The van der Waals surface area contributed by atoms with Crippen LogP contribution in [-0.2, 0) is 21.1 Å². The van der Waals surface area contributed by atoms with Gasteiger partial charge in [-0.1, -0.05) is 30.3 Å². The fraction of sp³-hybridized carbons (Fsp3) is 0.190. The van der Waals surface area contributed by atoms with Crippen molar-refractivity contribution in [3.63, 3.8) is 0 Å². The molecular formula is C21H24N5O2PS. The van der Waals surface area contributed by atoms with Gasteiger partial charge in [-0.25, -0.2) is 8.51 Å². The Hall–Kier alpha value is -2.80. The Morgan fingerprint density at radius 3 is 2.60 bits per heavy atom. The second-order valence-electron chi connectivity index (χ2n) is 6.77. The molecule has 0 saturated carbocycles. The molecular weight excluding hydrogens is 417 g/mol. The van der Waals surface area contributed by atoms with E-state index in [0.717, 1.165) is 16.8 Å². The summed E-state index contributed by atoms with van der Waals surface area (Å²) in [5.41, 5.74) is 2.52. The van der Waals surface area contributed by atoms with Gasteiger partial charge in [0.05, 0.1) is 21.5 Å². The molecule has 3 rings (SSSR count). The molecule has 3 aromatic rings. The second-order valence-corrected chi connectivity index (χ2v) is 10.6. The second kappa shape index (κ2) is 9.34. The third-order valence-corrected chi connectivity index (χ3v) is 7.50. The molecule has 0 radical (unpaired) electrons. The molecule has 2 aromatic heterocycles. The molecule has 1 amide bonds. The van der Waals surface area contributed by atoms with Crippen LogP contribution in [-0.4, -0.2) is 49.8 Å². The molecule has 0 saturated heterocycles. The van der Waals surface area contributed by atoms with E-state index in [4.69, 9.17) is 0 Å². The third-order valence-electron chi connectivity index (χ3n) is 4.60. The number of carbonyl (C=O) groups is 1. The molecule has 156 valence electrons. The zero-order valence-electron chi connectivity index (χ0n) is 17.1. The first kappa shape index (κ1) is 21.9. The number of aryl methyl sites for hydroxylation is 1. The Bertz CT molecular complexity index is 1140. The van der Waals surface area contributed by atoms with Crippen LogP contribution in [0.2, 0.25) is 0 Å². The molecule has 1 unspecified atom stereocenters. The van der Waals surface area contributed by atoms with Crippen molar-refractivity contribution in [2.24, 2.45) is 7.05 Å². The number of nitrogens with zero attached hydrogens (tertiary/aromatic N) is 5. The van der Waals surface area contributed by atoms with Crippen molar-refractivity contribution in [2.45, 2.75) is 0 Å². The highest BCUT2D eigenvalue weighted by Crippen LogP contribution is 2.23. The largest absolute Gasteiger partial charge is 0.299 e. The standard InChI is InChI=1S/C21H24N5O2PS/c1-24(30(28,29)13-11-17-8-5-4-6-9-17)16-21(27)25(2)20-14-19(23-26(20)3)18-10-7-12-22-15-18/h4-15,29H,16H2,1-3H3/b13-11+. The zero-order valence-corrected chi connectivity index (χ0v) is 18.9. The van der Waals surface area contributed by atoms with Crippen LogP contribution < -0.4 is 4.90 Å². The van der Waals surface area contributed by atoms with Gasteiger partial charge in [-0.2, -0.15) is 5.10 Å². The third kappa shape index (κ3) is 5.21. The number of amides is 1. The van der Waals surface area contributed by atoms with Gasteiger partial charge in [0.2, 0.25) is 5.91 Å². The van der Waals surface area contributed by atoms with Gasteiger partial charge in [0.1, 0.15) is 5.82 Å². The number of hydrogen-bond acceptors (Lipinski definition) is 4. The molecule has 1 aromatic carbocycles. The molecule has 0 fully saturated rings. The first-order valence-corrected chi connectivity index (χ1v) is 12.0. The topological polar surface area (TPSA) is 71.3 Å². The van der Waals surface area contributed by atoms with E-state index in [1.807, 2.05) is 48.5 Å². The van der Waals surface area contributed by atoms with Crippen LogP contribution in [0.1, 0.15) is 5.56 Å². The van der Waals surface area contributed by atoms with Crippen LogP contribution in [0.4, 0.5) is 5.82 Å². The van der Waals surface area contributed by atoms with E-state index in [9.17, 15) is 9.00 Å². The van der Waals surface area contributed by atoms with Crippen LogP contribution in [0, 0.1) is 0 Å². The van der Waals surface area contributed by atoms with Crippen molar-refractivity contribution in [1.82, 2.24) is 19.1 Å². The number of aromatic nitrogens is 3. The lowest BCUT2D eigenvalue weighted by molar-refractivity contribution is -0.118. The average Bonchev–Trinajstić information content (AvgIpc) is 3.14. The lowest BCUT2D eigenvalue weighted by Crippen LogP contribution is -2.38. The first-order chi connectivity index (χ1) is 14.3. The van der Waals surface area contributed by atoms with Gasteiger partial charge in [-0.3, -0.25) is 19.4 Å². The molecule has 7 nitrogen and oxygen atoms in total. The van der Waals surface area contributed by atoms with E-state index >= 15 is 0 Å². The molecule has 0 bridgehead atoms. The van der Waals surface area contributed by atoms with E-state index in [0.29, 0.717) is 5.82 Å². The number of pyridine rings is 1. The van der Waals surface area contributed by atoms with Crippen LogP contribution in [0.25, 0.3) is 17.3 Å². The van der Waals surface area contributed by atoms with Crippen molar-refractivity contribution < 1.29 is 9.00 Å². The molecule has 30 heavy (non-hydrogen) atoms. The lowest BCUT2D eigenvalue weighted by Gasteiger charge is -2.22. The summed E-state index contributed by atoms with van der Waals surface area (Å²) < 4.78 is 16.1. The smallest absolute Gasteiger partial charge is 0.243 e. The van der Waals surface area contributed by atoms with Crippen LogP contribution in [0.5, 0.6) is 0 Å². The number of carbonyl (C=O) groups excluding carboxylic acids is 1. The fourth-order valence-electron chi connectivity index (χ4n) is 2.79. The van der Waals surface area contributed by atoms with Crippen LogP contribution in [0.3, 0.4) is 0 Å². The van der Waals surface area contributed by atoms with E-state index in [1.54, 1.807) is 49.7 Å². The van der Waals surface area contributed by atoms with E-state index < -0.39 is 9.30 Å². The summed E-state index contributed by atoms with van der Waals surface area (Å²) in [7, 11) is 5.73.